The number of fused-ring (bicyclic) bond motifs is 1. The zero-order chi connectivity index (χ0) is 26.5. The molecule has 0 bridgehead atoms. The number of pyridine rings is 1. The van der Waals surface area contributed by atoms with Gasteiger partial charge in [0.15, 0.2) is 0 Å². The number of hydrogen-bond donors (Lipinski definition) is 1. The van der Waals surface area contributed by atoms with E-state index in [9.17, 15) is 14.7 Å². The van der Waals surface area contributed by atoms with Gasteiger partial charge in [-0.1, -0.05) is 30.9 Å². The van der Waals surface area contributed by atoms with Crippen molar-refractivity contribution in [2.45, 2.75) is 45.3 Å². The Bertz CT molecular complexity index is 1200. The van der Waals surface area contributed by atoms with Gasteiger partial charge >= 0.3 is 0 Å². The number of rotatable bonds is 7. The Morgan fingerprint density at radius 3 is 2.78 bits per heavy atom. The van der Waals surface area contributed by atoms with Crippen LogP contribution in [0, 0.1) is 23.7 Å². The largest absolute Gasteiger partial charge is 0.495 e. The number of methoxy groups -OCH3 is 1. The molecule has 2 heterocycles. The highest BCUT2D eigenvalue weighted by atomic mass is 16.5. The average Bonchev–Trinajstić information content (AvgIpc) is 3.73. The average molecular weight is 506 g/mol. The monoisotopic (exact) mass is 505 g/mol. The molecule has 2 amide bonds. The van der Waals surface area contributed by atoms with Gasteiger partial charge in [0.1, 0.15) is 17.4 Å². The van der Waals surface area contributed by atoms with Crippen LogP contribution in [0.1, 0.15) is 54.6 Å². The minimum Gasteiger partial charge on any atom is -0.495 e. The molecule has 0 radical (unpaired) electrons. The third kappa shape index (κ3) is 6.41. The van der Waals surface area contributed by atoms with Crippen molar-refractivity contribution in [3.8, 4) is 23.5 Å². The maximum atomic E-state index is 13.6. The van der Waals surface area contributed by atoms with Gasteiger partial charge in [-0.05, 0) is 43.9 Å². The summed E-state index contributed by atoms with van der Waals surface area (Å²) in [6, 6.07) is 8.74. The quantitative estimate of drug-likeness (QED) is 0.582. The first-order valence-corrected chi connectivity index (χ1v) is 12.8. The number of para-hydroxylation sites is 1. The number of aliphatic hydroxyl groups is 1. The standard InChI is InChI=1S/C29H35N3O5/c1-19-16-32(20(2)18-33)29(35)24-13-22(11-12-23-7-5-6-8-25(23)36-4)15-30-28(24)37-26(19)17-31(3)27(34)14-21-9-10-21/h5-8,13,15,19-21,26,33H,9-10,14,16-18H2,1-4H3/t19-,20-,26-/m1/s1. The number of amides is 2. The molecule has 3 atom stereocenters. The first-order valence-electron chi connectivity index (χ1n) is 12.8. The van der Waals surface area contributed by atoms with Crippen LogP contribution in [0.5, 0.6) is 11.6 Å². The number of carbonyl (C=O) groups is 2. The molecule has 0 spiro atoms. The lowest BCUT2D eigenvalue weighted by atomic mass is 9.99. The number of ether oxygens (including phenoxy) is 2. The number of aliphatic hydroxyl groups excluding tert-OH is 1. The smallest absolute Gasteiger partial charge is 0.259 e. The Hall–Kier alpha value is -3.57. The summed E-state index contributed by atoms with van der Waals surface area (Å²) in [6.07, 6.45) is 4.01. The van der Waals surface area contributed by atoms with Gasteiger partial charge in [0, 0.05) is 37.7 Å². The second-order valence-electron chi connectivity index (χ2n) is 10.1. The zero-order valence-electron chi connectivity index (χ0n) is 21.9. The Morgan fingerprint density at radius 2 is 2.08 bits per heavy atom. The van der Waals surface area contributed by atoms with Crippen LogP contribution in [0.15, 0.2) is 36.5 Å². The van der Waals surface area contributed by atoms with Crippen LogP contribution in [0.25, 0.3) is 0 Å². The molecule has 0 unspecified atom stereocenters. The van der Waals surface area contributed by atoms with E-state index in [1.165, 1.54) is 0 Å². The van der Waals surface area contributed by atoms with Crippen molar-refractivity contribution in [3.63, 3.8) is 0 Å². The predicted octanol–water partition coefficient (Wildman–Crippen LogP) is 2.97. The molecule has 1 N–H and O–H groups in total. The molecule has 2 aromatic rings. The van der Waals surface area contributed by atoms with Gasteiger partial charge in [0.05, 0.1) is 31.9 Å². The van der Waals surface area contributed by atoms with E-state index >= 15 is 0 Å². The molecular weight excluding hydrogens is 470 g/mol. The first-order chi connectivity index (χ1) is 17.8. The van der Waals surface area contributed by atoms with Crippen molar-refractivity contribution in [2.75, 3.05) is 33.9 Å². The van der Waals surface area contributed by atoms with E-state index in [-0.39, 0.29) is 47.9 Å². The molecule has 1 fully saturated rings. The predicted molar refractivity (Wildman–Crippen MR) is 139 cm³/mol. The molecule has 2 aliphatic rings. The molecule has 8 nitrogen and oxygen atoms in total. The molecule has 1 saturated carbocycles. The lowest BCUT2D eigenvalue weighted by Crippen LogP contribution is -2.50. The Balaban J connectivity index is 1.64. The fourth-order valence-corrected chi connectivity index (χ4v) is 4.37. The lowest BCUT2D eigenvalue weighted by molar-refractivity contribution is -0.131. The van der Waals surface area contributed by atoms with Crippen LogP contribution in [0.3, 0.4) is 0 Å². The van der Waals surface area contributed by atoms with E-state index in [1.807, 2.05) is 38.1 Å². The van der Waals surface area contributed by atoms with E-state index < -0.39 is 0 Å². The van der Waals surface area contributed by atoms with Crippen LogP contribution in [0.4, 0.5) is 0 Å². The molecule has 1 aliphatic heterocycles. The lowest BCUT2D eigenvalue weighted by Gasteiger charge is -2.37. The minimum atomic E-state index is -0.390. The Morgan fingerprint density at radius 1 is 1.32 bits per heavy atom. The SMILES string of the molecule is COc1ccccc1C#Cc1cnc2c(c1)C(=O)N([C@H](C)CO)C[C@@H](C)[C@@H](CN(C)C(=O)CC1CC1)O2. The van der Waals surface area contributed by atoms with E-state index in [1.54, 1.807) is 36.2 Å². The van der Waals surface area contributed by atoms with E-state index in [0.717, 1.165) is 18.4 Å². The molecule has 1 aliphatic carbocycles. The fourth-order valence-electron chi connectivity index (χ4n) is 4.37. The van der Waals surface area contributed by atoms with Crippen molar-refractivity contribution in [2.24, 2.45) is 11.8 Å². The molecule has 8 heteroatoms. The topological polar surface area (TPSA) is 92.2 Å². The molecule has 4 rings (SSSR count). The summed E-state index contributed by atoms with van der Waals surface area (Å²) in [5.74, 6) is 7.27. The van der Waals surface area contributed by atoms with Crippen molar-refractivity contribution in [1.82, 2.24) is 14.8 Å². The Kier molecular flexibility index (Phi) is 8.34. The van der Waals surface area contributed by atoms with Gasteiger partial charge in [-0.25, -0.2) is 4.98 Å². The maximum Gasteiger partial charge on any atom is 0.259 e. The first kappa shape index (κ1) is 26.5. The van der Waals surface area contributed by atoms with E-state index in [4.69, 9.17) is 9.47 Å². The van der Waals surface area contributed by atoms with Gasteiger partial charge in [0.25, 0.3) is 5.91 Å². The van der Waals surface area contributed by atoms with Crippen molar-refractivity contribution >= 4 is 11.8 Å². The summed E-state index contributed by atoms with van der Waals surface area (Å²) in [6.45, 7) is 4.41. The Labute approximate surface area is 218 Å². The van der Waals surface area contributed by atoms with Crippen molar-refractivity contribution in [1.29, 1.82) is 0 Å². The van der Waals surface area contributed by atoms with Crippen molar-refractivity contribution < 1.29 is 24.2 Å². The molecule has 196 valence electrons. The van der Waals surface area contributed by atoms with Gasteiger partial charge in [-0.3, -0.25) is 9.59 Å². The normalized spacial score (nSPS) is 19.9. The zero-order valence-corrected chi connectivity index (χ0v) is 21.9. The molecule has 1 aromatic heterocycles. The van der Waals surface area contributed by atoms with Crippen LogP contribution >= 0.6 is 0 Å². The highest BCUT2D eigenvalue weighted by Gasteiger charge is 2.35. The molecule has 1 aromatic carbocycles. The number of carbonyl (C=O) groups excluding carboxylic acids is 2. The van der Waals surface area contributed by atoms with Gasteiger partial charge in [-0.15, -0.1) is 0 Å². The van der Waals surface area contributed by atoms with Crippen LogP contribution in [0.2, 0.25) is 0 Å². The third-order valence-electron chi connectivity index (χ3n) is 7.01. The van der Waals surface area contributed by atoms with E-state index in [0.29, 0.717) is 36.7 Å². The maximum absolute atomic E-state index is 13.6. The molecule has 0 saturated heterocycles. The number of aromatic nitrogens is 1. The highest BCUT2D eigenvalue weighted by Crippen LogP contribution is 2.33. The summed E-state index contributed by atoms with van der Waals surface area (Å²) in [4.78, 5) is 34.1. The summed E-state index contributed by atoms with van der Waals surface area (Å²) >= 11 is 0. The number of hydrogen-bond acceptors (Lipinski definition) is 6. The second-order valence-corrected chi connectivity index (χ2v) is 10.1. The molecular formula is C29H35N3O5. The van der Waals surface area contributed by atoms with Gasteiger partial charge < -0.3 is 24.4 Å². The van der Waals surface area contributed by atoms with Crippen molar-refractivity contribution in [3.05, 3.63) is 53.2 Å². The highest BCUT2D eigenvalue weighted by molar-refractivity contribution is 5.97. The van der Waals surface area contributed by atoms with Crippen LogP contribution in [-0.2, 0) is 4.79 Å². The fraction of sp³-hybridized carbons (Fsp3) is 0.483. The van der Waals surface area contributed by atoms with Crippen LogP contribution < -0.4 is 9.47 Å². The number of benzene rings is 1. The summed E-state index contributed by atoms with van der Waals surface area (Å²) in [5.41, 5.74) is 1.57. The summed E-state index contributed by atoms with van der Waals surface area (Å²) in [7, 11) is 3.39. The van der Waals surface area contributed by atoms with Gasteiger partial charge in [0.2, 0.25) is 11.8 Å². The van der Waals surface area contributed by atoms with Gasteiger partial charge in [-0.2, -0.15) is 0 Å². The number of likely N-dealkylation sites (N-methyl/N-ethyl adjacent to an activating group) is 1. The van der Waals surface area contributed by atoms with Crippen LogP contribution in [-0.4, -0.2) is 77.7 Å². The number of nitrogens with zero attached hydrogens (tertiary/aromatic N) is 3. The van der Waals surface area contributed by atoms with E-state index in [2.05, 4.69) is 16.8 Å². The summed E-state index contributed by atoms with van der Waals surface area (Å²) in [5, 5.41) is 9.86. The minimum absolute atomic E-state index is 0.0888. The second kappa shape index (κ2) is 11.7. The third-order valence-corrected chi connectivity index (χ3v) is 7.01. The molecule has 37 heavy (non-hydrogen) atoms. The summed E-state index contributed by atoms with van der Waals surface area (Å²) < 4.78 is 11.7.